The molecule has 1 heterocycles. The van der Waals surface area contributed by atoms with Crippen molar-refractivity contribution in [3.63, 3.8) is 0 Å². The van der Waals surface area contributed by atoms with E-state index in [1.54, 1.807) is 0 Å². The van der Waals surface area contributed by atoms with Gasteiger partial charge in [0.15, 0.2) is 10.6 Å². The van der Waals surface area contributed by atoms with Gasteiger partial charge in [0.05, 0.1) is 11.3 Å². The molecule has 0 aliphatic carbocycles. The van der Waals surface area contributed by atoms with Crippen LogP contribution in [0.2, 0.25) is 0 Å². The van der Waals surface area contributed by atoms with Gasteiger partial charge in [-0.25, -0.2) is 0 Å². The number of benzene rings is 1. The maximum absolute atomic E-state index is 12.9. The number of aliphatic hydroxyl groups excluding tert-OH is 1. The van der Waals surface area contributed by atoms with E-state index in [9.17, 15) is 13.2 Å². The van der Waals surface area contributed by atoms with Crippen LogP contribution < -0.4 is 0 Å². The Hall–Kier alpha value is -1.67. The van der Waals surface area contributed by atoms with Crippen molar-refractivity contribution < 1.29 is 18.3 Å². The number of para-hydroxylation sites is 1. The molecule has 8 heteroatoms. The highest BCUT2D eigenvalue weighted by atomic mass is 32.1. The zero-order valence-corrected chi connectivity index (χ0v) is 9.72. The Labute approximate surface area is 105 Å². The summed E-state index contributed by atoms with van der Waals surface area (Å²) in [6.45, 7) is -0.515. The smallest absolute Gasteiger partial charge is 0.388 e. The first-order valence-electron chi connectivity index (χ1n) is 4.89. The molecule has 0 aliphatic rings. The summed E-state index contributed by atoms with van der Waals surface area (Å²) in [6.07, 6.45) is -4.50. The second kappa shape index (κ2) is 4.54. The van der Waals surface area contributed by atoms with E-state index in [-0.39, 0.29) is 16.3 Å². The van der Waals surface area contributed by atoms with Crippen LogP contribution in [0.3, 0.4) is 0 Å². The second-order valence-corrected chi connectivity index (χ2v) is 3.84. The summed E-state index contributed by atoms with van der Waals surface area (Å²) < 4.78 is 39.7. The summed E-state index contributed by atoms with van der Waals surface area (Å²) in [5.74, 6) is 0.0247. The number of alkyl halides is 3. The molecule has 0 aliphatic heterocycles. The molecule has 0 spiro atoms. The van der Waals surface area contributed by atoms with E-state index in [0.29, 0.717) is 0 Å². The van der Waals surface area contributed by atoms with Crippen LogP contribution in [-0.2, 0) is 12.8 Å². The van der Waals surface area contributed by atoms with Gasteiger partial charge in [-0.2, -0.15) is 18.3 Å². The molecular weight excluding hydrogens is 267 g/mol. The Morgan fingerprint density at radius 2 is 2.00 bits per heavy atom. The van der Waals surface area contributed by atoms with E-state index in [1.165, 1.54) is 18.2 Å². The second-order valence-electron chi connectivity index (χ2n) is 3.45. The molecule has 0 radical (unpaired) electrons. The van der Waals surface area contributed by atoms with Crippen molar-refractivity contribution in [2.75, 3.05) is 0 Å². The van der Waals surface area contributed by atoms with E-state index in [2.05, 4.69) is 10.2 Å². The summed E-state index contributed by atoms with van der Waals surface area (Å²) in [4.78, 5) is 0. The summed E-state index contributed by atoms with van der Waals surface area (Å²) >= 11 is 4.87. The molecule has 1 aromatic heterocycles. The summed E-state index contributed by atoms with van der Waals surface area (Å²) in [7, 11) is 0. The van der Waals surface area contributed by atoms with Crippen LogP contribution in [0.25, 0.3) is 5.69 Å². The molecule has 2 N–H and O–H groups in total. The summed E-state index contributed by atoms with van der Waals surface area (Å²) in [5.41, 5.74) is -0.995. The van der Waals surface area contributed by atoms with Crippen molar-refractivity contribution in [2.24, 2.45) is 0 Å². The number of nitrogens with zero attached hydrogens (tertiary/aromatic N) is 2. The van der Waals surface area contributed by atoms with Gasteiger partial charge in [-0.15, -0.1) is 0 Å². The minimum absolute atomic E-state index is 0.00394. The number of nitrogens with one attached hydrogen (secondary N) is 1. The number of H-pyrrole nitrogens is 1. The molecule has 0 amide bonds. The van der Waals surface area contributed by atoms with Gasteiger partial charge in [0.1, 0.15) is 6.61 Å². The maximum Gasteiger partial charge on any atom is 0.418 e. The molecule has 1 aromatic carbocycles. The zero-order chi connectivity index (χ0) is 13.3. The standard InChI is InChI=1S/C10H8F3N3OS/c11-10(12,13)6-3-1-2-4-7(6)16-8(5-17)14-15-9(16)18/h1-4,17H,5H2,(H,15,18). The van der Waals surface area contributed by atoms with Crippen LogP contribution in [0.1, 0.15) is 11.4 Å². The minimum atomic E-state index is -4.50. The van der Waals surface area contributed by atoms with Gasteiger partial charge in [0.2, 0.25) is 0 Å². The van der Waals surface area contributed by atoms with E-state index in [1.807, 2.05) is 0 Å². The van der Waals surface area contributed by atoms with Crippen LogP contribution in [-0.4, -0.2) is 19.9 Å². The van der Waals surface area contributed by atoms with Crippen LogP contribution >= 0.6 is 12.2 Å². The van der Waals surface area contributed by atoms with Crippen molar-refractivity contribution in [3.8, 4) is 5.69 Å². The van der Waals surface area contributed by atoms with Gasteiger partial charge >= 0.3 is 6.18 Å². The zero-order valence-electron chi connectivity index (χ0n) is 8.90. The van der Waals surface area contributed by atoms with Crippen LogP contribution in [0, 0.1) is 4.77 Å². The van der Waals surface area contributed by atoms with E-state index >= 15 is 0 Å². The minimum Gasteiger partial charge on any atom is -0.388 e. The number of aliphatic hydroxyl groups is 1. The molecular formula is C10H8F3N3OS. The third kappa shape index (κ3) is 2.16. The number of hydrogen-bond acceptors (Lipinski definition) is 3. The lowest BCUT2D eigenvalue weighted by atomic mass is 10.1. The average molecular weight is 275 g/mol. The molecule has 4 nitrogen and oxygen atoms in total. The van der Waals surface area contributed by atoms with Gasteiger partial charge in [0, 0.05) is 0 Å². The molecule has 0 fully saturated rings. The van der Waals surface area contributed by atoms with Gasteiger partial charge in [-0.05, 0) is 24.4 Å². The Morgan fingerprint density at radius 1 is 1.33 bits per heavy atom. The van der Waals surface area contributed by atoms with E-state index in [4.69, 9.17) is 17.3 Å². The largest absolute Gasteiger partial charge is 0.418 e. The first-order valence-corrected chi connectivity index (χ1v) is 5.29. The first kappa shape index (κ1) is 12.8. The van der Waals surface area contributed by atoms with Crippen molar-refractivity contribution in [1.82, 2.24) is 14.8 Å². The topological polar surface area (TPSA) is 53.8 Å². The monoisotopic (exact) mass is 275 g/mol. The van der Waals surface area contributed by atoms with Gasteiger partial charge in [-0.1, -0.05) is 12.1 Å². The quantitative estimate of drug-likeness (QED) is 0.828. The highest BCUT2D eigenvalue weighted by molar-refractivity contribution is 7.71. The Balaban J connectivity index is 2.72. The third-order valence-corrected chi connectivity index (χ3v) is 2.61. The maximum atomic E-state index is 12.9. The lowest BCUT2D eigenvalue weighted by Gasteiger charge is -2.13. The van der Waals surface area contributed by atoms with Crippen LogP contribution in [0.4, 0.5) is 13.2 Å². The Bertz CT molecular complexity index is 617. The van der Waals surface area contributed by atoms with Crippen molar-refractivity contribution in [3.05, 3.63) is 40.4 Å². The highest BCUT2D eigenvalue weighted by Gasteiger charge is 2.34. The lowest BCUT2D eigenvalue weighted by molar-refractivity contribution is -0.137. The third-order valence-electron chi connectivity index (χ3n) is 2.33. The molecule has 0 saturated heterocycles. The number of halogens is 3. The van der Waals surface area contributed by atoms with E-state index in [0.717, 1.165) is 10.6 Å². The lowest BCUT2D eigenvalue weighted by Crippen LogP contribution is -2.12. The normalized spacial score (nSPS) is 11.8. The number of rotatable bonds is 2. The molecule has 2 rings (SSSR count). The van der Waals surface area contributed by atoms with Crippen LogP contribution in [0.15, 0.2) is 24.3 Å². The highest BCUT2D eigenvalue weighted by Crippen LogP contribution is 2.34. The number of aromatic nitrogens is 3. The van der Waals surface area contributed by atoms with Crippen LogP contribution in [0.5, 0.6) is 0 Å². The predicted octanol–water partition coefficient (Wildman–Crippen LogP) is 2.44. The Morgan fingerprint density at radius 3 is 2.61 bits per heavy atom. The fourth-order valence-corrected chi connectivity index (χ4v) is 1.84. The number of hydrogen-bond donors (Lipinski definition) is 2. The fraction of sp³-hybridized carbons (Fsp3) is 0.200. The fourth-order valence-electron chi connectivity index (χ4n) is 1.59. The van der Waals surface area contributed by atoms with Crippen molar-refractivity contribution in [1.29, 1.82) is 0 Å². The molecule has 0 bridgehead atoms. The SMILES string of the molecule is OCc1n[nH]c(=S)n1-c1ccccc1C(F)(F)F. The Kier molecular flexibility index (Phi) is 3.22. The molecule has 18 heavy (non-hydrogen) atoms. The van der Waals surface area contributed by atoms with Crippen molar-refractivity contribution >= 4 is 12.2 Å². The van der Waals surface area contributed by atoms with Gasteiger partial charge in [0.25, 0.3) is 0 Å². The molecule has 0 saturated carbocycles. The molecule has 0 atom stereocenters. The summed E-state index contributed by atoms with van der Waals surface area (Å²) in [6, 6.07) is 4.97. The van der Waals surface area contributed by atoms with E-state index < -0.39 is 18.3 Å². The molecule has 96 valence electrons. The first-order chi connectivity index (χ1) is 8.45. The predicted molar refractivity (Wildman–Crippen MR) is 59.7 cm³/mol. The van der Waals surface area contributed by atoms with Crippen molar-refractivity contribution in [2.45, 2.75) is 12.8 Å². The van der Waals surface area contributed by atoms with Gasteiger partial charge in [-0.3, -0.25) is 9.67 Å². The average Bonchev–Trinajstić information content (AvgIpc) is 2.69. The molecule has 2 aromatic rings. The molecule has 0 unspecified atom stereocenters. The summed E-state index contributed by atoms with van der Waals surface area (Å²) in [5, 5.41) is 15.1. The number of aromatic amines is 1. The van der Waals surface area contributed by atoms with Gasteiger partial charge < -0.3 is 5.11 Å².